The van der Waals surface area contributed by atoms with Crippen molar-refractivity contribution in [2.24, 2.45) is 13.0 Å². The summed E-state index contributed by atoms with van der Waals surface area (Å²) in [5.74, 6) is 0.511. The molecule has 22 heavy (non-hydrogen) atoms. The van der Waals surface area contributed by atoms with Crippen molar-refractivity contribution in [3.63, 3.8) is 0 Å². The zero-order valence-electron chi connectivity index (χ0n) is 13.6. The van der Waals surface area contributed by atoms with E-state index in [9.17, 15) is 13.2 Å². The van der Waals surface area contributed by atoms with Crippen molar-refractivity contribution in [3.8, 4) is 0 Å². The van der Waals surface area contributed by atoms with Crippen LogP contribution in [0.15, 0.2) is 0 Å². The van der Waals surface area contributed by atoms with Crippen LogP contribution in [0.3, 0.4) is 0 Å². The molecule has 1 aromatic heterocycles. The summed E-state index contributed by atoms with van der Waals surface area (Å²) in [6, 6.07) is 0. The number of nitrogens with one attached hydrogen (secondary N) is 1. The van der Waals surface area contributed by atoms with Crippen LogP contribution in [-0.2, 0) is 34.8 Å². The Kier molecular flexibility index (Phi) is 4.79. The smallest absolute Gasteiger partial charge is 0.231 e. The zero-order valence-corrected chi connectivity index (χ0v) is 14.4. The monoisotopic (exact) mass is 328 g/mol. The van der Waals surface area contributed by atoms with E-state index in [0.717, 1.165) is 30.4 Å². The molecular formula is C14H24N4O3S. The van der Waals surface area contributed by atoms with Gasteiger partial charge in [0.25, 0.3) is 0 Å². The highest BCUT2D eigenvalue weighted by Gasteiger charge is 2.29. The third-order valence-corrected chi connectivity index (χ3v) is 4.74. The van der Waals surface area contributed by atoms with Crippen molar-refractivity contribution < 1.29 is 13.2 Å². The van der Waals surface area contributed by atoms with E-state index in [1.165, 1.54) is 0 Å². The van der Waals surface area contributed by atoms with Gasteiger partial charge in [-0.05, 0) is 12.8 Å². The second kappa shape index (κ2) is 6.28. The number of aromatic nitrogens is 2. The van der Waals surface area contributed by atoms with Gasteiger partial charge in [0, 0.05) is 37.2 Å². The van der Waals surface area contributed by atoms with Crippen molar-refractivity contribution in [2.45, 2.75) is 39.7 Å². The van der Waals surface area contributed by atoms with Crippen LogP contribution in [0.4, 0.5) is 5.82 Å². The van der Waals surface area contributed by atoms with Crippen LogP contribution < -0.4 is 4.72 Å². The van der Waals surface area contributed by atoms with Crippen LogP contribution in [0.25, 0.3) is 0 Å². The molecular weight excluding hydrogens is 304 g/mol. The molecule has 0 aromatic carbocycles. The molecule has 1 aliphatic heterocycles. The molecule has 0 aliphatic carbocycles. The van der Waals surface area contributed by atoms with Gasteiger partial charge in [-0.2, -0.15) is 5.10 Å². The quantitative estimate of drug-likeness (QED) is 0.877. The molecule has 0 radical (unpaired) electrons. The van der Waals surface area contributed by atoms with Crippen molar-refractivity contribution in [3.05, 3.63) is 11.3 Å². The predicted molar refractivity (Wildman–Crippen MR) is 84.9 cm³/mol. The Morgan fingerprint density at radius 1 is 1.36 bits per heavy atom. The maximum atomic E-state index is 12.5. The van der Waals surface area contributed by atoms with Gasteiger partial charge in [0.15, 0.2) is 5.82 Å². The Balaban J connectivity index is 2.27. The SMILES string of the molecule is CCC(CC)C(=O)N1CCc2c(c(NS(C)(=O)=O)nn2C)C1. The molecule has 0 atom stereocenters. The first kappa shape index (κ1) is 16.8. The van der Waals surface area contributed by atoms with Crippen molar-refractivity contribution in [1.82, 2.24) is 14.7 Å². The molecule has 1 N–H and O–H groups in total. The molecule has 8 heteroatoms. The molecule has 1 aromatic rings. The summed E-state index contributed by atoms with van der Waals surface area (Å²) in [5, 5.41) is 4.24. The van der Waals surface area contributed by atoms with E-state index in [0.29, 0.717) is 25.3 Å². The number of carbonyl (C=O) groups is 1. The molecule has 0 saturated carbocycles. The fourth-order valence-corrected chi connectivity index (χ4v) is 3.45. The topological polar surface area (TPSA) is 84.3 Å². The third kappa shape index (κ3) is 3.43. The summed E-state index contributed by atoms with van der Waals surface area (Å²) in [6.07, 6.45) is 3.43. The van der Waals surface area contributed by atoms with Gasteiger partial charge < -0.3 is 4.90 Å². The van der Waals surface area contributed by atoms with Crippen molar-refractivity contribution >= 4 is 21.7 Å². The van der Waals surface area contributed by atoms with Crippen LogP contribution in [-0.4, -0.2) is 41.8 Å². The van der Waals surface area contributed by atoms with E-state index < -0.39 is 10.0 Å². The lowest BCUT2D eigenvalue weighted by atomic mass is 9.99. The largest absolute Gasteiger partial charge is 0.338 e. The van der Waals surface area contributed by atoms with Crippen LogP contribution >= 0.6 is 0 Å². The number of hydrogen-bond donors (Lipinski definition) is 1. The van der Waals surface area contributed by atoms with Crippen LogP contribution in [0.2, 0.25) is 0 Å². The molecule has 1 aliphatic rings. The fraction of sp³-hybridized carbons (Fsp3) is 0.714. The summed E-state index contributed by atoms with van der Waals surface area (Å²) in [5.41, 5.74) is 1.79. The highest BCUT2D eigenvalue weighted by molar-refractivity contribution is 7.92. The number of rotatable bonds is 5. The van der Waals surface area contributed by atoms with E-state index in [4.69, 9.17) is 0 Å². The molecule has 0 unspecified atom stereocenters. The second-order valence-electron chi connectivity index (χ2n) is 5.79. The normalized spacial score (nSPS) is 15.0. The van der Waals surface area contributed by atoms with E-state index in [1.807, 2.05) is 18.7 Å². The van der Waals surface area contributed by atoms with Crippen molar-refractivity contribution in [2.75, 3.05) is 17.5 Å². The average molecular weight is 328 g/mol. The fourth-order valence-electron chi connectivity index (χ4n) is 2.93. The first-order chi connectivity index (χ1) is 10.3. The molecule has 0 bridgehead atoms. The molecule has 7 nitrogen and oxygen atoms in total. The number of amides is 1. The van der Waals surface area contributed by atoms with E-state index in [2.05, 4.69) is 9.82 Å². The summed E-state index contributed by atoms with van der Waals surface area (Å²) < 4.78 is 27.1. The lowest BCUT2D eigenvalue weighted by Gasteiger charge is -2.30. The van der Waals surface area contributed by atoms with Gasteiger partial charge in [-0.3, -0.25) is 14.2 Å². The number of nitrogens with zero attached hydrogens (tertiary/aromatic N) is 3. The van der Waals surface area contributed by atoms with Gasteiger partial charge in [-0.15, -0.1) is 0 Å². The number of aryl methyl sites for hydroxylation is 1. The summed E-state index contributed by atoms with van der Waals surface area (Å²) in [7, 11) is -1.59. The molecule has 124 valence electrons. The summed E-state index contributed by atoms with van der Waals surface area (Å²) >= 11 is 0. The van der Waals surface area contributed by atoms with Crippen LogP contribution in [0.1, 0.15) is 37.9 Å². The lowest BCUT2D eigenvalue weighted by molar-refractivity contribution is -0.136. The van der Waals surface area contributed by atoms with Crippen LogP contribution in [0.5, 0.6) is 0 Å². The van der Waals surface area contributed by atoms with E-state index in [-0.39, 0.29) is 11.8 Å². The first-order valence-electron chi connectivity index (χ1n) is 7.58. The minimum absolute atomic E-state index is 0.0320. The lowest BCUT2D eigenvalue weighted by Crippen LogP contribution is -2.39. The maximum absolute atomic E-state index is 12.5. The molecule has 0 saturated heterocycles. The van der Waals surface area contributed by atoms with Gasteiger partial charge in [0.2, 0.25) is 15.9 Å². The average Bonchev–Trinajstić information content (AvgIpc) is 2.74. The van der Waals surface area contributed by atoms with Crippen LogP contribution in [0, 0.1) is 5.92 Å². The predicted octanol–water partition coefficient (Wildman–Crippen LogP) is 1.11. The van der Waals surface area contributed by atoms with Gasteiger partial charge in [0.05, 0.1) is 12.8 Å². The van der Waals surface area contributed by atoms with Gasteiger partial charge in [-0.25, -0.2) is 8.42 Å². The minimum atomic E-state index is -3.39. The second-order valence-corrected chi connectivity index (χ2v) is 7.54. The minimum Gasteiger partial charge on any atom is -0.338 e. The number of carbonyl (C=O) groups excluding carboxylic acids is 1. The molecule has 2 rings (SSSR count). The molecule has 0 fully saturated rings. The van der Waals surface area contributed by atoms with Gasteiger partial charge in [-0.1, -0.05) is 13.8 Å². The molecule has 1 amide bonds. The number of anilines is 1. The Morgan fingerprint density at radius 2 is 2.00 bits per heavy atom. The summed E-state index contributed by atoms with van der Waals surface area (Å²) in [6.45, 7) is 5.10. The third-order valence-electron chi connectivity index (χ3n) is 4.17. The zero-order chi connectivity index (χ0) is 16.5. The highest BCUT2D eigenvalue weighted by atomic mass is 32.2. The number of hydrogen-bond acceptors (Lipinski definition) is 4. The summed E-state index contributed by atoms with van der Waals surface area (Å²) in [4.78, 5) is 14.3. The number of fused-ring (bicyclic) bond motifs is 1. The molecule has 2 heterocycles. The van der Waals surface area contributed by atoms with Gasteiger partial charge in [0.1, 0.15) is 0 Å². The molecule has 0 spiro atoms. The standard InChI is InChI=1S/C14H24N4O3S/c1-5-10(6-2)14(19)18-8-7-12-11(9-18)13(15-17(12)3)16-22(4,20)21/h10H,5-9H2,1-4H3,(H,15,16). The first-order valence-corrected chi connectivity index (χ1v) is 9.47. The Labute approximate surface area is 131 Å². The van der Waals surface area contributed by atoms with Crippen molar-refractivity contribution in [1.29, 1.82) is 0 Å². The Hall–Kier alpha value is -1.57. The van der Waals surface area contributed by atoms with E-state index in [1.54, 1.807) is 11.7 Å². The maximum Gasteiger partial charge on any atom is 0.231 e. The number of sulfonamides is 1. The Bertz CT molecular complexity index is 662. The van der Waals surface area contributed by atoms with E-state index >= 15 is 0 Å². The highest BCUT2D eigenvalue weighted by Crippen LogP contribution is 2.27. The Morgan fingerprint density at radius 3 is 2.55 bits per heavy atom. The van der Waals surface area contributed by atoms with Gasteiger partial charge >= 0.3 is 0 Å².